The Morgan fingerprint density at radius 1 is 1.22 bits per heavy atom. The van der Waals surface area contributed by atoms with Crippen LogP contribution >= 0.6 is 0 Å². The first-order valence-electron chi connectivity index (χ1n) is 7.29. The molecule has 0 atom stereocenters. The molecule has 23 heavy (non-hydrogen) atoms. The van der Waals surface area contributed by atoms with E-state index >= 15 is 0 Å². The largest absolute Gasteiger partial charge is 0.497 e. The molecule has 1 rings (SSSR count). The van der Waals surface area contributed by atoms with Crippen molar-refractivity contribution in [3.05, 3.63) is 29.8 Å². The first-order chi connectivity index (χ1) is 11.0. The topological polar surface area (TPSA) is 73.9 Å². The predicted octanol–water partition coefficient (Wildman–Crippen LogP) is 2.03. The van der Waals surface area contributed by atoms with E-state index in [-0.39, 0.29) is 12.5 Å². The molecule has 126 valence electrons. The Kier molecular flexibility index (Phi) is 7.66. The van der Waals surface area contributed by atoms with Gasteiger partial charge in [0.15, 0.2) is 6.61 Å². The number of hydrogen-bond donors (Lipinski definition) is 1. The van der Waals surface area contributed by atoms with Gasteiger partial charge in [-0.2, -0.15) is 0 Å². The van der Waals surface area contributed by atoms with Gasteiger partial charge in [0, 0.05) is 18.2 Å². The van der Waals surface area contributed by atoms with E-state index in [2.05, 4.69) is 5.32 Å². The Labute approximate surface area is 136 Å². The quantitative estimate of drug-likeness (QED) is 0.586. The van der Waals surface area contributed by atoms with Crippen LogP contribution in [0.2, 0.25) is 0 Å². The third-order valence-corrected chi connectivity index (χ3v) is 2.89. The highest BCUT2D eigenvalue weighted by molar-refractivity contribution is 5.89. The zero-order valence-electron chi connectivity index (χ0n) is 13.9. The molecule has 0 aliphatic heterocycles. The normalized spacial score (nSPS) is 10.7. The molecule has 0 heterocycles. The molecule has 0 bridgehead atoms. The summed E-state index contributed by atoms with van der Waals surface area (Å²) in [6, 6.07) is 5.23. The van der Waals surface area contributed by atoms with Crippen molar-refractivity contribution in [1.29, 1.82) is 0 Å². The van der Waals surface area contributed by atoms with Gasteiger partial charge in [0.25, 0.3) is 5.91 Å². The molecule has 0 aliphatic rings. The maximum Gasteiger partial charge on any atom is 0.331 e. The molecule has 6 heteroatoms. The number of methoxy groups -OCH3 is 2. The molecular weight excluding hydrogens is 298 g/mol. The van der Waals surface area contributed by atoms with E-state index in [1.807, 2.05) is 13.8 Å². The molecule has 0 spiro atoms. The van der Waals surface area contributed by atoms with Crippen molar-refractivity contribution in [2.24, 2.45) is 5.92 Å². The maximum atomic E-state index is 11.7. The monoisotopic (exact) mass is 321 g/mol. The smallest absolute Gasteiger partial charge is 0.331 e. The molecule has 0 radical (unpaired) electrons. The van der Waals surface area contributed by atoms with Crippen molar-refractivity contribution >= 4 is 18.0 Å². The SMILES string of the molecule is COc1ccc(OC)c(C=CC(=O)OCC(=O)NCC(C)C)c1. The molecule has 0 aromatic heterocycles. The molecule has 0 saturated heterocycles. The Balaban J connectivity index is 2.56. The van der Waals surface area contributed by atoms with E-state index in [1.54, 1.807) is 31.4 Å². The van der Waals surface area contributed by atoms with Gasteiger partial charge in [0.2, 0.25) is 0 Å². The van der Waals surface area contributed by atoms with Crippen molar-refractivity contribution in [2.45, 2.75) is 13.8 Å². The lowest BCUT2D eigenvalue weighted by Crippen LogP contribution is -2.31. The zero-order valence-corrected chi connectivity index (χ0v) is 13.9. The molecular formula is C17H23NO5. The second kappa shape index (κ2) is 9.50. The predicted molar refractivity (Wildman–Crippen MR) is 87.4 cm³/mol. The minimum atomic E-state index is -0.602. The molecule has 1 N–H and O–H groups in total. The van der Waals surface area contributed by atoms with Gasteiger partial charge in [-0.05, 0) is 30.2 Å². The van der Waals surface area contributed by atoms with Crippen molar-refractivity contribution in [3.63, 3.8) is 0 Å². The first kappa shape index (κ1) is 18.5. The lowest BCUT2D eigenvalue weighted by Gasteiger charge is -2.08. The number of hydrogen-bond acceptors (Lipinski definition) is 5. The van der Waals surface area contributed by atoms with Crippen LogP contribution < -0.4 is 14.8 Å². The van der Waals surface area contributed by atoms with E-state index in [0.717, 1.165) is 0 Å². The van der Waals surface area contributed by atoms with Crippen LogP contribution in [-0.4, -0.2) is 39.2 Å². The molecule has 1 amide bonds. The number of ether oxygens (including phenoxy) is 3. The van der Waals surface area contributed by atoms with Crippen LogP contribution in [0, 0.1) is 5.92 Å². The number of carbonyl (C=O) groups is 2. The summed E-state index contributed by atoms with van der Waals surface area (Å²) in [5, 5.41) is 2.67. The lowest BCUT2D eigenvalue weighted by atomic mass is 10.1. The summed E-state index contributed by atoms with van der Waals surface area (Å²) in [5.41, 5.74) is 0.674. The number of amides is 1. The Bertz CT molecular complexity index is 566. The van der Waals surface area contributed by atoms with Crippen molar-refractivity contribution in [1.82, 2.24) is 5.32 Å². The number of esters is 1. The van der Waals surface area contributed by atoms with Crippen LogP contribution in [0.1, 0.15) is 19.4 Å². The van der Waals surface area contributed by atoms with Crippen molar-refractivity contribution in [3.8, 4) is 11.5 Å². The molecule has 0 saturated carbocycles. The molecule has 0 fully saturated rings. The van der Waals surface area contributed by atoms with Gasteiger partial charge in [0.05, 0.1) is 14.2 Å². The van der Waals surface area contributed by atoms with Gasteiger partial charge in [-0.25, -0.2) is 4.79 Å². The fraction of sp³-hybridized carbons (Fsp3) is 0.412. The minimum absolute atomic E-state index is 0.300. The third-order valence-electron chi connectivity index (χ3n) is 2.89. The number of benzene rings is 1. The Morgan fingerprint density at radius 3 is 2.57 bits per heavy atom. The van der Waals surface area contributed by atoms with Crippen LogP contribution in [0.3, 0.4) is 0 Å². The summed E-state index contributed by atoms with van der Waals surface area (Å²) in [6.07, 6.45) is 2.79. The number of nitrogens with one attached hydrogen (secondary N) is 1. The van der Waals surface area contributed by atoms with Crippen LogP contribution in [0.15, 0.2) is 24.3 Å². The second-order valence-corrected chi connectivity index (χ2v) is 5.25. The van der Waals surface area contributed by atoms with Crippen LogP contribution in [-0.2, 0) is 14.3 Å². The van der Waals surface area contributed by atoms with Gasteiger partial charge in [0.1, 0.15) is 11.5 Å². The first-order valence-corrected chi connectivity index (χ1v) is 7.29. The molecule has 6 nitrogen and oxygen atoms in total. The van der Waals surface area contributed by atoms with E-state index < -0.39 is 5.97 Å². The van der Waals surface area contributed by atoms with Crippen LogP contribution in [0.5, 0.6) is 11.5 Å². The van der Waals surface area contributed by atoms with Gasteiger partial charge >= 0.3 is 5.97 Å². The van der Waals surface area contributed by atoms with E-state index in [9.17, 15) is 9.59 Å². The highest BCUT2D eigenvalue weighted by Crippen LogP contribution is 2.25. The molecule has 0 unspecified atom stereocenters. The lowest BCUT2D eigenvalue weighted by molar-refractivity contribution is -0.143. The Morgan fingerprint density at radius 2 is 1.96 bits per heavy atom. The number of carbonyl (C=O) groups excluding carboxylic acids is 2. The van der Waals surface area contributed by atoms with Crippen LogP contribution in [0.25, 0.3) is 6.08 Å². The van der Waals surface area contributed by atoms with E-state index in [0.29, 0.717) is 29.5 Å². The van der Waals surface area contributed by atoms with Gasteiger partial charge in [-0.1, -0.05) is 13.8 Å². The minimum Gasteiger partial charge on any atom is -0.497 e. The van der Waals surface area contributed by atoms with E-state index in [4.69, 9.17) is 14.2 Å². The Hall–Kier alpha value is -2.50. The average molecular weight is 321 g/mol. The van der Waals surface area contributed by atoms with Crippen molar-refractivity contribution in [2.75, 3.05) is 27.4 Å². The van der Waals surface area contributed by atoms with Crippen LogP contribution in [0.4, 0.5) is 0 Å². The summed E-state index contributed by atoms with van der Waals surface area (Å²) in [5.74, 6) is 0.667. The fourth-order valence-corrected chi connectivity index (χ4v) is 1.68. The summed E-state index contributed by atoms with van der Waals surface area (Å²) in [7, 11) is 3.09. The molecule has 0 aliphatic carbocycles. The molecule has 1 aromatic rings. The summed E-state index contributed by atoms with van der Waals surface area (Å²) >= 11 is 0. The maximum absolute atomic E-state index is 11.7. The third kappa shape index (κ3) is 6.86. The summed E-state index contributed by atoms with van der Waals surface area (Å²) < 4.78 is 15.2. The highest BCUT2D eigenvalue weighted by Gasteiger charge is 2.06. The number of rotatable bonds is 8. The summed E-state index contributed by atoms with van der Waals surface area (Å²) in [6.45, 7) is 4.21. The van der Waals surface area contributed by atoms with E-state index in [1.165, 1.54) is 13.2 Å². The fourth-order valence-electron chi connectivity index (χ4n) is 1.68. The zero-order chi connectivity index (χ0) is 17.2. The average Bonchev–Trinajstić information content (AvgIpc) is 2.55. The van der Waals surface area contributed by atoms with Crippen molar-refractivity contribution < 1.29 is 23.8 Å². The standard InChI is InChI=1S/C17H23NO5/c1-12(2)10-18-16(19)11-23-17(20)8-5-13-9-14(21-3)6-7-15(13)22-4/h5-9,12H,10-11H2,1-4H3,(H,18,19). The molecule has 1 aromatic carbocycles. The van der Waals surface area contributed by atoms with Gasteiger partial charge < -0.3 is 19.5 Å². The van der Waals surface area contributed by atoms with Gasteiger partial charge in [-0.3, -0.25) is 4.79 Å². The van der Waals surface area contributed by atoms with Gasteiger partial charge in [-0.15, -0.1) is 0 Å². The highest BCUT2D eigenvalue weighted by atomic mass is 16.5. The summed E-state index contributed by atoms with van der Waals surface area (Å²) in [4.78, 5) is 23.1. The second-order valence-electron chi connectivity index (χ2n) is 5.25.